The second-order valence-electron chi connectivity index (χ2n) is 24.2. The average molecular weight is 1580 g/mol. The van der Waals surface area contributed by atoms with Gasteiger partial charge in [-0.3, -0.25) is 43.7 Å². The Kier molecular flexibility index (Phi) is 70.8. The maximum atomic E-state index is 12.8. The number of hydroxylamine groups is 2. The average Bonchev–Trinajstić information content (AvgIpc) is 0.814. The Labute approximate surface area is 613 Å². The van der Waals surface area contributed by atoms with Crippen LogP contribution in [-0.4, -0.2) is 188 Å². The lowest BCUT2D eigenvalue weighted by Crippen LogP contribution is -2.43. The van der Waals surface area contributed by atoms with Crippen molar-refractivity contribution >= 4 is 72.2 Å². The van der Waals surface area contributed by atoms with E-state index in [1.165, 1.54) is 97.2 Å². The smallest absolute Gasteiger partial charge is 0.345 e. The first-order chi connectivity index (χ1) is 47.6. The molecule has 1 amide bonds. The van der Waals surface area contributed by atoms with Gasteiger partial charge in [-0.2, -0.15) is 5.26 Å². The minimum atomic E-state index is -2.90. The molecule has 0 aliphatic carbocycles. The van der Waals surface area contributed by atoms with Gasteiger partial charge in [-0.1, -0.05) is 99.6 Å². The Bertz CT molecular complexity index is 2580. The number of amides is 1. The zero-order valence-corrected chi connectivity index (χ0v) is 64.6. The highest BCUT2D eigenvalue weighted by Gasteiger charge is 2.49. The number of Topliss-reactive ketones (excluding diaryl/α,β-unsaturated/α-hetero) is 1. The van der Waals surface area contributed by atoms with Crippen molar-refractivity contribution in [3.8, 4) is 6.07 Å². The van der Waals surface area contributed by atoms with Gasteiger partial charge in [0.15, 0.2) is 11.7 Å². The second-order valence-corrected chi connectivity index (χ2v) is 24.2. The van der Waals surface area contributed by atoms with Crippen LogP contribution >= 0.6 is 12.4 Å². The molecule has 616 valence electrons. The number of aldehydes is 1. The van der Waals surface area contributed by atoms with Gasteiger partial charge in [0.25, 0.3) is 12.9 Å². The summed E-state index contributed by atoms with van der Waals surface area (Å²) in [7, 11) is 4.39. The highest BCUT2D eigenvalue weighted by Crippen LogP contribution is 2.36. The number of carbonyl (C=O) groups is 10. The standard InChI is InChI=1S/C14H18F2N2.C11H18F2O4.C10H14F2O4.C8H15F2NO2.C7H12O4.C6H10F2O2.C6H10F2O.C3H4F2O.C3H8O.ClH/c1-14(2,13(15)16)8-12(9-17)18-10-11-6-4-3-5-7-11;1-5-16-8(14)7(9(15)17-6-2)11(3,4)10(12)13;1-4-15-9(13)7(6(3)8(11)12)10(14)16-5-2;1-8(2,7(9)10)5-6(12)11(3)13-4;1-3-10-6(8)5-7(9)11-4-2;1-6(2,5(7)8)3-4(9)10;1-6(2,3-4-9)5(7)8;1-2(6)3(4)5;1-3-4-2;/h3-7,12-13,18H,8,10H2,1-2H3;7,10H,5-6H2,1-4H3;8H,4-5H2,1-3H3;7H,5H2,1-4H3;3-5H2,1-2H3;5H,3H2,1-2H3,(H,9,10);4-5H,3H2,1-2H3;3H,1H3;3H2,1-2H3;1H. The number of carboxylic acids is 1. The van der Waals surface area contributed by atoms with E-state index in [4.69, 9.17) is 10.4 Å². The van der Waals surface area contributed by atoms with E-state index in [2.05, 4.69) is 43.3 Å². The van der Waals surface area contributed by atoms with Gasteiger partial charge in [0, 0.05) is 79.7 Å². The first kappa shape index (κ1) is 116. The van der Waals surface area contributed by atoms with E-state index >= 15 is 0 Å². The Hall–Kier alpha value is -7.26. The van der Waals surface area contributed by atoms with Gasteiger partial charge in [-0.25, -0.2) is 76.1 Å². The molecule has 37 heteroatoms. The third kappa shape index (κ3) is 60.6. The van der Waals surface area contributed by atoms with Crippen LogP contribution in [0.1, 0.15) is 169 Å². The van der Waals surface area contributed by atoms with E-state index in [1.807, 2.05) is 43.3 Å². The normalized spacial score (nSPS) is 11.1. The quantitative estimate of drug-likeness (QED) is 0.00965. The number of ketones is 1. The summed E-state index contributed by atoms with van der Waals surface area (Å²) in [6.07, 6.45) is -18.9. The molecular weight excluding hydrogens is 1460 g/mol. The summed E-state index contributed by atoms with van der Waals surface area (Å²) in [5.74, 6) is -9.52. The van der Waals surface area contributed by atoms with E-state index in [0.29, 0.717) is 12.8 Å². The molecule has 1 atom stereocenters. The number of carboxylic acid groups (broad SMARTS) is 1. The van der Waals surface area contributed by atoms with E-state index < -0.39 is 155 Å². The van der Waals surface area contributed by atoms with Crippen molar-refractivity contribution in [2.75, 3.05) is 67.5 Å². The van der Waals surface area contributed by atoms with Crippen LogP contribution in [0.2, 0.25) is 0 Å². The number of methoxy groups -OCH3 is 1. The number of hydrogen-bond acceptors (Lipinski definition) is 20. The third-order valence-corrected chi connectivity index (χ3v) is 12.6. The van der Waals surface area contributed by atoms with Crippen LogP contribution < -0.4 is 5.32 Å². The summed E-state index contributed by atoms with van der Waals surface area (Å²) in [4.78, 5) is 112. The van der Waals surface area contributed by atoms with Crippen molar-refractivity contribution in [2.24, 2.45) is 33.0 Å². The molecule has 1 aromatic carbocycles. The molecule has 0 aliphatic heterocycles. The first-order valence-electron chi connectivity index (χ1n) is 31.9. The Morgan fingerprint density at radius 3 is 1.14 bits per heavy atom. The lowest BCUT2D eigenvalue weighted by atomic mass is 9.79. The van der Waals surface area contributed by atoms with Gasteiger partial charge >= 0.3 is 41.8 Å². The fourth-order valence-electron chi connectivity index (χ4n) is 5.81. The lowest BCUT2D eigenvalue weighted by Gasteiger charge is -2.29. The fourth-order valence-corrected chi connectivity index (χ4v) is 5.81. The number of nitrogens with zero attached hydrogens (tertiary/aromatic N) is 2. The highest BCUT2D eigenvalue weighted by molar-refractivity contribution is 6.14. The maximum absolute atomic E-state index is 12.8. The molecule has 0 saturated carbocycles. The number of ether oxygens (including phenoxy) is 7. The maximum Gasteiger partial charge on any atom is 0.345 e. The molecule has 2 N–H and O–H groups in total. The van der Waals surface area contributed by atoms with Crippen molar-refractivity contribution < 1.29 is 153 Å². The summed E-state index contributed by atoms with van der Waals surface area (Å²) in [6, 6.07) is 11.1. The number of nitriles is 1. The summed E-state index contributed by atoms with van der Waals surface area (Å²) in [5.41, 5.74) is -7.16. The van der Waals surface area contributed by atoms with Gasteiger partial charge in [-0.05, 0) is 67.4 Å². The molecule has 0 saturated heterocycles. The number of carbonyl (C=O) groups excluding carboxylic acids is 9. The summed E-state index contributed by atoms with van der Waals surface area (Å²) < 4.78 is 202. The molecule has 0 aliphatic rings. The van der Waals surface area contributed by atoms with E-state index in [1.54, 1.807) is 21.0 Å². The highest BCUT2D eigenvalue weighted by atomic mass is 35.5. The number of nitrogens with one attached hydrogen (secondary N) is 1. The molecule has 0 aromatic heterocycles. The number of hydrogen-bond donors (Lipinski definition) is 2. The number of alkyl halides is 14. The van der Waals surface area contributed by atoms with Crippen molar-refractivity contribution in [3.63, 3.8) is 0 Å². The third-order valence-electron chi connectivity index (χ3n) is 12.6. The monoisotopic (exact) mass is 1570 g/mol. The van der Waals surface area contributed by atoms with Gasteiger partial charge < -0.3 is 43.1 Å². The van der Waals surface area contributed by atoms with Crippen molar-refractivity contribution in [2.45, 2.75) is 221 Å². The first-order valence-corrected chi connectivity index (χ1v) is 31.9. The molecule has 0 bridgehead atoms. The van der Waals surface area contributed by atoms with Gasteiger partial charge in [0.2, 0.25) is 38.0 Å². The molecule has 0 radical (unpaired) electrons. The molecule has 1 unspecified atom stereocenters. The number of esters is 6. The van der Waals surface area contributed by atoms with Crippen LogP contribution in [0.5, 0.6) is 0 Å². The molecule has 1 rings (SSSR count). The van der Waals surface area contributed by atoms with Crippen LogP contribution in [0.4, 0.5) is 61.5 Å². The minimum absolute atomic E-state index is 0. The van der Waals surface area contributed by atoms with Crippen LogP contribution in [0, 0.1) is 44.3 Å². The lowest BCUT2D eigenvalue weighted by molar-refractivity contribution is -0.174. The molecule has 105 heavy (non-hydrogen) atoms. The second kappa shape index (κ2) is 64.0. The SMILES string of the molecule is CC(=O)C(F)F.CC(C)(CC(=O)O)C(F)F.CC(C)(CC(C#N)NCc1ccccc1)C(F)F.CC(C)(CC=O)C(F)F.CCOC.CCOC(=O)C(C(=O)OCC)=C(C)C(F)F.CCOC(=O)C(C(=O)OCC)C(C)(C)C(F)F.CCOC(=O)CC(=O)OCC.CON(C)C(=O)CC(C)(C)C(F)F.Cl. The van der Waals surface area contributed by atoms with Crippen LogP contribution in [0.25, 0.3) is 0 Å². The van der Waals surface area contributed by atoms with E-state index in [-0.39, 0.29) is 77.7 Å². The predicted octanol–water partition coefficient (Wildman–Crippen LogP) is 14.8. The number of halogens is 15. The zero-order valence-electron chi connectivity index (χ0n) is 63.7. The summed E-state index contributed by atoms with van der Waals surface area (Å²) >= 11 is 0. The molecular formula is C68H110ClF14N3O19. The fraction of sp³-hybridized carbons (Fsp3) is 0.721. The molecule has 0 heterocycles. The number of aliphatic carboxylic acids is 1. The number of benzene rings is 1. The van der Waals surface area contributed by atoms with Crippen LogP contribution in [0.3, 0.4) is 0 Å². The van der Waals surface area contributed by atoms with Gasteiger partial charge in [0.1, 0.15) is 18.3 Å². The van der Waals surface area contributed by atoms with Crippen molar-refractivity contribution in [3.05, 3.63) is 47.0 Å². The Balaban J connectivity index is -0.000000144. The number of allylic oxidation sites excluding steroid dienone is 1. The Morgan fingerprint density at radius 2 is 0.895 bits per heavy atom. The van der Waals surface area contributed by atoms with E-state index in [0.717, 1.165) is 44.9 Å². The summed E-state index contributed by atoms with van der Waals surface area (Å²) in [6.45, 7) is 28.3. The van der Waals surface area contributed by atoms with Crippen molar-refractivity contribution in [1.82, 2.24) is 10.4 Å². The zero-order chi connectivity index (χ0) is 83.7. The molecule has 22 nitrogen and oxygen atoms in total. The van der Waals surface area contributed by atoms with E-state index in [9.17, 15) is 109 Å². The van der Waals surface area contributed by atoms with Crippen molar-refractivity contribution in [1.29, 1.82) is 5.26 Å². The number of rotatable bonds is 33. The van der Waals surface area contributed by atoms with Gasteiger partial charge in [-0.15, -0.1) is 12.4 Å². The van der Waals surface area contributed by atoms with Gasteiger partial charge in [0.05, 0.1) is 65.3 Å². The topological polar surface area (TPSA) is 304 Å². The van der Waals surface area contributed by atoms with Crippen LogP contribution in [-0.2, 0) is 92.5 Å². The predicted molar refractivity (Wildman–Crippen MR) is 362 cm³/mol. The largest absolute Gasteiger partial charge is 0.481 e. The summed E-state index contributed by atoms with van der Waals surface area (Å²) in [5, 5.41) is 21.1. The molecule has 0 fully saturated rings. The van der Waals surface area contributed by atoms with Crippen LogP contribution in [0.15, 0.2) is 41.5 Å². The minimum Gasteiger partial charge on any atom is -0.481 e. The molecule has 1 aromatic rings. The Morgan fingerprint density at radius 1 is 0.543 bits per heavy atom. The molecule has 0 spiro atoms.